The Morgan fingerprint density at radius 1 is 1.27 bits per heavy atom. The molecule has 0 saturated carbocycles. The van der Waals surface area contributed by atoms with Crippen LogP contribution < -0.4 is 15.6 Å². The van der Waals surface area contributed by atoms with Gasteiger partial charge in [0.15, 0.2) is 5.43 Å². The van der Waals surface area contributed by atoms with Crippen molar-refractivity contribution in [2.45, 2.75) is 13.1 Å². The third kappa shape index (κ3) is 2.64. The van der Waals surface area contributed by atoms with Crippen LogP contribution in [0.3, 0.4) is 0 Å². The van der Waals surface area contributed by atoms with E-state index in [9.17, 15) is 14.4 Å². The van der Waals surface area contributed by atoms with E-state index in [1.54, 1.807) is 33.8 Å². The lowest BCUT2D eigenvalue weighted by Crippen LogP contribution is -2.59. The molecule has 26 heavy (non-hydrogen) atoms. The Morgan fingerprint density at radius 3 is 2.88 bits per heavy atom. The van der Waals surface area contributed by atoms with E-state index in [2.05, 4.69) is 5.43 Å². The molecule has 8 nitrogen and oxygen atoms in total. The van der Waals surface area contributed by atoms with E-state index in [-0.39, 0.29) is 34.5 Å². The molecule has 1 atom stereocenters. The average Bonchev–Trinajstić information content (AvgIpc) is 2.63. The number of fused-ring (bicyclic) bond motifs is 2. The monoisotopic (exact) mass is 355 g/mol. The number of benzene rings is 1. The molecule has 0 radical (unpaired) electrons. The number of para-hydroxylation sites is 1. The maximum Gasteiger partial charge on any atom is 0.308 e. The highest BCUT2D eigenvalue weighted by Gasteiger charge is 2.36. The van der Waals surface area contributed by atoms with Gasteiger partial charge in [-0.25, -0.2) is 0 Å². The van der Waals surface area contributed by atoms with Crippen LogP contribution in [0.4, 0.5) is 0 Å². The van der Waals surface area contributed by atoms with Gasteiger partial charge in [-0.15, -0.1) is 0 Å². The quantitative estimate of drug-likeness (QED) is 0.633. The van der Waals surface area contributed by atoms with E-state index in [0.717, 1.165) is 0 Å². The molecule has 4 rings (SSSR count). The number of carbonyl (C=O) groups is 2. The molecule has 8 heteroatoms. The van der Waals surface area contributed by atoms with E-state index >= 15 is 0 Å². The van der Waals surface area contributed by atoms with Crippen molar-refractivity contribution in [2.75, 3.05) is 25.2 Å². The number of pyridine rings is 1. The molecular weight excluding hydrogens is 338 g/mol. The van der Waals surface area contributed by atoms with Crippen molar-refractivity contribution in [3.05, 3.63) is 52.4 Å². The molecule has 2 aromatic rings. The van der Waals surface area contributed by atoms with Crippen molar-refractivity contribution >= 4 is 11.9 Å². The highest BCUT2D eigenvalue weighted by atomic mass is 16.5. The summed E-state index contributed by atoms with van der Waals surface area (Å²) in [5, 5.41) is 0. The summed E-state index contributed by atoms with van der Waals surface area (Å²) >= 11 is 0. The molecule has 0 spiro atoms. The van der Waals surface area contributed by atoms with Gasteiger partial charge in [0.1, 0.15) is 17.6 Å². The molecular formula is C18H17N3O5. The summed E-state index contributed by atoms with van der Waals surface area (Å²) in [6.07, 6.45) is 1.24. The fourth-order valence-electron chi connectivity index (χ4n) is 3.28. The van der Waals surface area contributed by atoms with Gasteiger partial charge in [-0.3, -0.25) is 19.1 Å². The summed E-state index contributed by atoms with van der Waals surface area (Å²) in [6, 6.07) is 8.06. The zero-order valence-electron chi connectivity index (χ0n) is 14.1. The number of nitrogens with one attached hydrogen (secondary N) is 1. The van der Waals surface area contributed by atoms with Crippen LogP contribution in [0.15, 0.2) is 41.3 Å². The second-order valence-electron chi connectivity index (χ2n) is 6.08. The fraction of sp³-hybridized carbons (Fsp3) is 0.278. The summed E-state index contributed by atoms with van der Waals surface area (Å²) in [4.78, 5) is 38.8. The van der Waals surface area contributed by atoms with Crippen LogP contribution in [0, 0.1) is 0 Å². The van der Waals surface area contributed by atoms with Crippen molar-refractivity contribution in [2.24, 2.45) is 0 Å². The van der Waals surface area contributed by atoms with Gasteiger partial charge in [-0.05, 0) is 6.07 Å². The number of morpholine rings is 1. The first-order valence-electron chi connectivity index (χ1n) is 8.25. The third-order valence-electron chi connectivity index (χ3n) is 4.39. The number of rotatable bonds is 2. The number of hydrogen-bond acceptors (Lipinski definition) is 6. The molecule has 134 valence electrons. The van der Waals surface area contributed by atoms with Crippen LogP contribution in [0.2, 0.25) is 0 Å². The van der Waals surface area contributed by atoms with Crippen molar-refractivity contribution in [1.29, 1.82) is 0 Å². The van der Waals surface area contributed by atoms with E-state index in [1.165, 1.54) is 19.2 Å². The number of esters is 1. The molecule has 1 N–H and O–H groups in total. The maximum absolute atomic E-state index is 13.1. The highest BCUT2D eigenvalue weighted by molar-refractivity contribution is 6.01. The van der Waals surface area contributed by atoms with Crippen molar-refractivity contribution in [1.82, 2.24) is 9.58 Å². The predicted molar refractivity (Wildman–Crippen MR) is 92.5 cm³/mol. The van der Waals surface area contributed by atoms with E-state index in [1.807, 2.05) is 0 Å². The zero-order valence-corrected chi connectivity index (χ0v) is 14.1. The standard InChI is InChI=1S/C18H17N3O5/c1-11(22)26-14-5-3-2-4-12(14)16-13(23)6-7-21-17(16)18(24)20-8-9-25-10-15(20)19-21/h2-7,15,19H,8-10H2,1H3/t15-/m0/s1. The van der Waals surface area contributed by atoms with Gasteiger partial charge in [0, 0.05) is 31.3 Å². The van der Waals surface area contributed by atoms with Crippen molar-refractivity contribution < 1.29 is 19.1 Å². The third-order valence-corrected chi connectivity index (χ3v) is 4.39. The molecule has 1 amide bonds. The summed E-state index contributed by atoms with van der Waals surface area (Å²) in [5.74, 6) is -0.523. The van der Waals surface area contributed by atoms with E-state index in [0.29, 0.717) is 25.3 Å². The molecule has 0 bridgehead atoms. The lowest BCUT2D eigenvalue weighted by molar-refractivity contribution is -0.131. The maximum atomic E-state index is 13.1. The van der Waals surface area contributed by atoms with Crippen molar-refractivity contribution in [3.63, 3.8) is 0 Å². The van der Waals surface area contributed by atoms with E-state index in [4.69, 9.17) is 9.47 Å². The van der Waals surface area contributed by atoms with Gasteiger partial charge >= 0.3 is 5.97 Å². The van der Waals surface area contributed by atoms with Crippen LogP contribution >= 0.6 is 0 Å². The van der Waals surface area contributed by atoms with Gasteiger partial charge in [-0.2, -0.15) is 0 Å². The number of amides is 1. The van der Waals surface area contributed by atoms with Crippen LogP contribution in [0.5, 0.6) is 5.75 Å². The van der Waals surface area contributed by atoms with E-state index < -0.39 is 5.97 Å². The van der Waals surface area contributed by atoms with Gasteiger partial charge in [0.2, 0.25) is 0 Å². The molecule has 3 heterocycles. The molecule has 1 fully saturated rings. The number of nitrogens with zero attached hydrogens (tertiary/aromatic N) is 2. The Labute approximate surface area is 148 Å². The summed E-state index contributed by atoms with van der Waals surface area (Å²) in [5.41, 5.74) is 3.68. The van der Waals surface area contributed by atoms with Gasteiger partial charge in [-0.1, -0.05) is 18.2 Å². The minimum atomic E-state index is -0.500. The van der Waals surface area contributed by atoms with Crippen LogP contribution in [-0.4, -0.2) is 47.4 Å². The normalized spacial score (nSPS) is 18.6. The second kappa shape index (κ2) is 6.30. The molecule has 1 aromatic carbocycles. The topological polar surface area (TPSA) is 89.9 Å². The number of ether oxygens (including phenoxy) is 2. The second-order valence-corrected chi connectivity index (χ2v) is 6.08. The first-order valence-corrected chi connectivity index (χ1v) is 8.25. The Bertz CT molecular complexity index is 952. The first-order chi connectivity index (χ1) is 12.6. The first kappa shape index (κ1) is 16.3. The lowest BCUT2D eigenvalue weighted by atomic mass is 10.0. The predicted octanol–water partition coefficient (Wildman–Crippen LogP) is 0.796. The smallest absolute Gasteiger partial charge is 0.308 e. The summed E-state index contributed by atoms with van der Waals surface area (Å²) in [7, 11) is 0. The zero-order chi connectivity index (χ0) is 18.3. The molecule has 0 aliphatic carbocycles. The van der Waals surface area contributed by atoms with Gasteiger partial charge in [0.25, 0.3) is 5.91 Å². The lowest BCUT2D eigenvalue weighted by Gasteiger charge is -2.41. The van der Waals surface area contributed by atoms with Crippen LogP contribution in [0.1, 0.15) is 17.4 Å². The van der Waals surface area contributed by atoms with Gasteiger partial charge < -0.3 is 19.8 Å². The minimum Gasteiger partial charge on any atom is -0.426 e. The largest absolute Gasteiger partial charge is 0.426 e. The average molecular weight is 355 g/mol. The van der Waals surface area contributed by atoms with Crippen LogP contribution in [0.25, 0.3) is 11.1 Å². The summed E-state index contributed by atoms with van der Waals surface area (Å²) in [6.45, 7) is 2.54. The molecule has 2 aliphatic rings. The number of aromatic nitrogens is 1. The Morgan fingerprint density at radius 2 is 2.08 bits per heavy atom. The Hall–Kier alpha value is -3.13. The number of hydrogen-bond donors (Lipinski definition) is 1. The SMILES string of the molecule is CC(=O)Oc1ccccc1-c1c2n(ccc1=O)N[C@@H]1COCCN1C2=O. The molecule has 0 unspecified atom stereocenters. The van der Waals surface area contributed by atoms with Crippen molar-refractivity contribution in [3.8, 4) is 16.9 Å². The molecule has 2 aliphatic heterocycles. The molecule has 1 saturated heterocycles. The minimum absolute atomic E-state index is 0.201. The highest BCUT2D eigenvalue weighted by Crippen LogP contribution is 2.32. The van der Waals surface area contributed by atoms with Gasteiger partial charge in [0.05, 0.1) is 18.8 Å². The summed E-state index contributed by atoms with van der Waals surface area (Å²) < 4.78 is 12.2. The van der Waals surface area contributed by atoms with Crippen LogP contribution in [-0.2, 0) is 9.53 Å². The fourth-order valence-corrected chi connectivity index (χ4v) is 3.28. The number of carbonyl (C=O) groups excluding carboxylic acids is 2. The molecule has 1 aromatic heterocycles. The Kier molecular flexibility index (Phi) is 3.96. The Balaban J connectivity index is 1.91.